The van der Waals surface area contributed by atoms with Crippen LogP contribution >= 0.6 is 0 Å². The molecule has 2 heterocycles. The molecule has 14 heavy (non-hydrogen) atoms. The molecular weight excluding hydrogens is 183 g/mol. The highest BCUT2D eigenvalue weighted by Gasteiger charge is 2.17. The van der Waals surface area contributed by atoms with Gasteiger partial charge in [0.25, 0.3) is 0 Å². The lowest BCUT2D eigenvalue weighted by Gasteiger charge is -2.20. The van der Waals surface area contributed by atoms with Gasteiger partial charge in [0.05, 0.1) is 18.8 Å². The fourth-order valence-corrected chi connectivity index (χ4v) is 1.24. The van der Waals surface area contributed by atoms with Crippen molar-refractivity contribution >= 4 is 0 Å². The number of ether oxygens (including phenoxy) is 2. The Morgan fingerprint density at radius 1 is 1.36 bits per heavy atom. The van der Waals surface area contributed by atoms with E-state index in [0.29, 0.717) is 17.9 Å². The molecule has 2 aliphatic rings. The summed E-state index contributed by atoms with van der Waals surface area (Å²) in [5, 5.41) is 0. The summed E-state index contributed by atoms with van der Waals surface area (Å²) in [5.41, 5.74) is 0.706. The molecule has 0 radical (unpaired) electrons. The monoisotopic (exact) mass is 196 g/mol. The molecule has 3 heteroatoms. The Labute approximate surface area is 82.6 Å². The van der Waals surface area contributed by atoms with Crippen LogP contribution in [0.25, 0.3) is 0 Å². The number of hydrogen-bond donors (Lipinski definition) is 0. The minimum Gasteiger partial charge on any atom is -0.488 e. The fourth-order valence-electron chi connectivity index (χ4n) is 1.24. The van der Waals surface area contributed by atoms with Gasteiger partial charge in [-0.1, -0.05) is 13.0 Å². The lowest BCUT2D eigenvalue weighted by molar-refractivity contribution is -0.0221. The Morgan fingerprint density at radius 2 is 2.07 bits per heavy atom. The molecule has 0 aliphatic carbocycles. The summed E-state index contributed by atoms with van der Waals surface area (Å²) in [4.78, 5) is 0. The van der Waals surface area contributed by atoms with E-state index in [9.17, 15) is 4.39 Å². The molecule has 2 aliphatic heterocycles. The third-order valence-electron chi connectivity index (χ3n) is 2.25. The van der Waals surface area contributed by atoms with Crippen LogP contribution in [0.3, 0.4) is 0 Å². The molecule has 0 unspecified atom stereocenters. The predicted molar refractivity (Wildman–Crippen MR) is 50.7 cm³/mol. The van der Waals surface area contributed by atoms with Crippen molar-refractivity contribution < 1.29 is 13.9 Å². The summed E-state index contributed by atoms with van der Waals surface area (Å²) in [6, 6.07) is 4.86. The summed E-state index contributed by atoms with van der Waals surface area (Å²) >= 11 is 0. The van der Waals surface area contributed by atoms with E-state index in [0.717, 1.165) is 19.1 Å². The summed E-state index contributed by atoms with van der Waals surface area (Å²) in [6.45, 7) is 4.59. The molecule has 1 saturated heterocycles. The second-order valence-corrected chi connectivity index (χ2v) is 3.65. The maximum atomic E-state index is 12.6. The van der Waals surface area contributed by atoms with Gasteiger partial charge in [-0.2, -0.15) is 0 Å². The molecule has 1 aromatic carbocycles. The third-order valence-corrected chi connectivity index (χ3v) is 2.25. The van der Waals surface area contributed by atoms with Gasteiger partial charge in [0.1, 0.15) is 18.2 Å². The molecule has 0 aromatic heterocycles. The Bertz CT molecular complexity index is 307. The molecule has 0 spiro atoms. The van der Waals surface area contributed by atoms with E-state index in [4.69, 9.17) is 9.47 Å². The number of halogens is 1. The van der Waals surface area contributed by atoms with Crippen LogP contribution in [0.5, 0.6) is 5.75 Å². The molecule has 1 fully saturated rings. The van der Waals surface area contributed by atoms with Gasteiger partial charge in [-0.05, 0) is 12.1 Å². The van der Waals surface area contributed by atoms with Crippen LogP contribution in [0.1, 0.15) is 12.5 Å². The highest BCUT2D eigenvalue weighted by molar-refractivity contribution is 5.39. The molecule has 0 atom stereocenters. The van der Waals surface area contributed by atoms with Crippen molar-refractivity contribution in [3.05, 3.63) is 29.6 Å². The van der Waals surface area contributed by atoms with Gasteiger partial charge in [-0.15, -0.1) is 0 Å². The molecule has 76 valence electrons. The minimum atomic E-state index is -0.154. The maximum absolute atomic E-state index is 12.6. The summed E-state index contributed by atoms with van der Waals surface area (Å²) in [7, 11) is 0. The first-order valence-electron chi connectivity index (χ1n) is 4.75. The smallest absolute Gasteiger partial charge is 0.133 e. The fraction of sp³-hybridized carbons (Fsp3) is 0.455. The van der Waals surface area contributed by atoms with Crippen molar-refractivity contribution in [2.24, 2.45) is 5.92 Å². The minimum absolute atomic E-state index is 0.154. The zero-order valence-electron chi connectivity index (χ0n) is 8.13. The molecule has 2 nitrogen and oxygen atoms in total. The highest BCUT2D eigenvalue weighted by atomic mass is 19.1. The zero-order chi connectivity index (χ0) is 9.97. The van der Waals surface area contributed by atoms with Gasteiger partial charge in [0, 0.05) is 5.92 Å². The SMILES string of the molecule is CC1COC1.Fc1cccc2c1CO2. The van der Waals surface area contributed by atoms with Gasteiger partial charge < -0.3 is 9.47 Å². The van der Waals surface area contributed by atoms with Gasteiger partial charge >= 0.3 is 0 Å². The van der Waals surface area contributed by atoms with E-state index in [1.807, 2.05) is 0 Å². The number of rotatable bonds is 0. The van der Waals surface area contributed by atoms with E-state index in [1.54, 1.807) is 12.1 Å². The lowest BCUT2D eigenvalue weighted by Crippen LogP contribution is -2.23. The topological polar surface area (TPSA) is 18.5 Å². The van der Waals surface area contributed by atoms with E-state index in [2.05, 4.69) is 6.92 Å². The molecule has 1 aromatic rings. The first-order chi connectivity index (χ1) is 6.77. The summed E-state index contributed by atoms with van der Waals surface area (Å²) < 4.78 is 22.3. The Balaban J connectivity index is 0.000000128. The number of benzene rings is 1. The van der Waals surface area contributed by atoms with Gasteiger partial charge in [0.2, 0.25) is 0 Å². The third kappa shape index (κ3) is 1.87. The second kappa shape index (κ2) is 3.96. The van der Waals surface area contributed by atoms with Crippen molar-refractivity contribution in [3.8, 4) is 5.75 Å². The molecule has 0 N–H and O–H groups in total. The van der Waals surface area contributed by atoms with Gasteiger partial charge in [-0.25, -0.2) is 4.39 Å². The van der Waals surface area contributed by atoms with Crippen molar-refractivity contribution in [2.45, 2.75) is 13.5 Å². The number of fused-ring (bicyclic) bond motifs is 1. The lowest BCUT2D eigenvalue weighted by atomic mass is 10.1. The van der Waals surface area contributed by atoms with Crippen molar-refractivity contribution in [1.29, 1.82) is 0 Å². The maximum Gasteiger partial charge on any atom is 0.133 e. The van der Waals surface area contributed by atoms with Crippen LogP contribution in [-0.2, 0) is 11.3 Å². The Kier molecular flexibility index (Phi) is 2.68. The number of hydrogen-bond acceptors (Lipinski definition) is 2. The van der Waals surface area contributed by atoms with Crippen LogP contribution in [-0.4, -0.2) is 13.2 Å². The van der Waals surface area contributed by atoms with Crippen molar-refractivity contribution in [1.82, 2.24) is 0 Å². The van der Waals surface area contributed by atoms with Gasteiger partial charge in [-0.3, -0.25) is 0 Å². The van der Waals surface area contributed by atoms with Crippen molar-refractivity contribution in [3.63, 3.8) is 0 Å². The highest BCUT2D eigenvalue weighted by Crippen LogP contribution is 2.30. The van der Waals surface area contributed by atoms with Crippen LogP contribution < -0.4 is 4.74 Å². The Morgan fingerprint density at radius 3 is 2.36 bits per heavy atom. The molecule has 0 amide bonds. The van der Waals surface area contributed by atoms with E-state index in [1.165, 1.54) is 6.07 Å². The van der Waals surface area contributed by atoms with E-state index >= 15 is 0 Å². The zero-order valence-corrected chi connectivity index (χ0v) is 8.13. The average Bonchev–Trinajstić information content (AvgIpc) is 2.06. The van der Waals surface area contributed by atoms with Crippen LogP contribution in [0.4, 0.5) is 4.39 Å². The summed E-state index contributed by atoms with van der Waals surface area (Å²) in [5.74, 6) is 1.38. The molecule has 0 saturated carbocycles. The first kappa shape index (κ1) is 9.46. The van der Waals surface area contributed by atoms with Gasteiger partial charge in [0.15, 0.2) is 0 Å². The van der Waals surface area contributed by atoms with Crippen molar-refractivity contribution in [2.75, 3.05) is 13.2 Å². The average molecular weight is 196 g/mol. The largest absolute Gasteiger partial charge is 0.488 e. The van der Waals surface area contributed by atoms with Crippen LogP contribution in [0.15, 0.2) is 18.2 Å². The standard InChI is InChI=1S/C7H5FO.C4H8O/c8-6-2-1-3-7-5(6)4-9-7;1-4-2-5-3-4/h1-3H,4H2;4H,2-3H2,1H3. The summed E-state index contributed by atoms with van der Waals surface area (Å²) in [6.07, 6.45) is 0. The predicted octanol–water partition coefficient (Wildman–Crippen LogP) is 2.37. The first-order valence-corrected chi connectivity index (χ1v) is 4.75. The molecule has 0 bridgehead atoms. The van der Waals surface area contributed by atoms with Crippen LogP contribution in [0, 0.1) is 11.7 Å². The normalized spacial score (nSPS) is 17.9. The second-order valence-electron chi connectivity index (χ2n) is 3.65. The Hall–Kier alpha value is -1.09. The quantitative estimate of drug-likeness (QED) is 0.634. The van der Waals surface area contributed by atoms with E-state index < -0.39 is 0 Å². The molecular formula is C11H13FO2. The van der Waals surface area contributed by atoms with E-state index in [-0.39, 0.29) is 5.82 Å². The van der Waals surface area contributed by atoms with Crippen LogP contribution in [0.2, 0.25) is 0 Å². The molecule has 3 rings (SSSR count).